The van der Waals surface area contributed by atoms with Gasteiger partial charge in [0, 0.05) is 37.7 Å². The molecule has 0 bridgehead atoms. The molecule has 0 radical (unpaired) electrons. The number of rotatable bonds is 8. The average molecular weight is 539 g/mol. The quantitative estimate of drug-likeness (QED) is 0.308. The molecular formula is C24H34IN3O3. The zero-order valence-corrected chi connectivity index (χ0v) is 21.2. The maximum Gasteiger partial charge on any atom is 0.203 e. The summed E-state index contributed by atoms with van der Waals surface area (Å²) in [6, 6.07) is 14.7. The number of nitrogens with zero attached hydrogens (tertiary/aromatic N) is 2. The Kier molecular flexibility index (Phi) is 10.2. The molecule has 31 heavy (non-hydrogen) atoms. The van der Waals surface area contributed by atoms with Crippen LogP contribution in [0.4, 0.5) is 0 Å². The fourth-order valence-electron chi connectivity index (χ4n) is 4.02. The van der Waals surface area contributed by atoms with Gasteiger partial charge in [0.1, 0.15) is 0 Å². The Balaban J connectivity index is 0.00000341. The van der Waals surface area contributed by atoms with Crippen LogP contribution in [0.3, 0.4) is 0 Å². The minimum atomic E-state index is 0. The molecule has 1 aliphatic heterocycles. The lowest BCUT2D eigenvalue weighted by Gasteiger charge is -2.22. The van der Waals surface area contributed by atoms with Gasteiger partial charge in [0.2, 0.25) is 5.75 Å². The third-order valence-corrected chi connectivity index (χ3v) is 5.52. The molecule has 3 rings (SSSR count). The normalized spacial score (nSPS) is 15.9. The van der Waals surface area contributed by atoms with Crippen LogP contribution in [0.15, 0.2) is 47.5 Å². The molecule has 6 nitrogen and oxygen atoms in total. The van der Waals surface area contributed by atoms with Gasteiger partial charge in [0.25, 0.3) is 0 Å². The van der Waals surface area contributed by atoms with Gasteiger partial charge in [-0.2, -0.15) is 0 Å². The lowest BCUT2D eigenvalue weighted by Crippen LogP contribution is -2.40. The lowest BCUT2D eigenvalue weighted by molar-refractivity contribution is 0.322. The van der Waals surface area contributed by atoms with E-state index in [-0.39, 0.29) is 24.0 Å². The second-order valence-electron chi connectivity index (χ2n) is 7.32. The third kappa shape index (κ3) is 6.18. The molecule has 7 heteroatoms. The number of hydrogen-bond acceptors (Lipinski definition) is 4. The van der Waals surface area contributed by atoms with E-state index < -0.39 is 0 Å². The first-order valence-electron chi connectivity index (χ1n) is 10.6. The van der Waals surface area contributed by atoms with Crippen molar-refractivity contribution in [3.63, 3.8) is 0 Å². The Hall–Kier alpha value is -2.16. The zero-order chi connectivity index (χ0) is 21.3. The summed E-state index contributed by atoms with van der Waals surface area (Å²) >= 11 is 0. The van der Waals surface area contributed by atoms with Crippen molar-refractivity contribution in [2.75, 3.05) is 47.5 Å². The summed E-state index contributed by atoms with van der Waals surface area (Å²) in [5.74, 6) is 3.54. The molecule has 170 valence electrons. The van der Waals surface area contributed by atoms with Gasteiger partial charge in [-0.25, -0.2) is 0 Å². The van der Waals surface area contributed by atoms with E-state index in [1.807, 2.05) is 12.1 Å². The lowest BCUT2D eigenvalue weighted by atomic mass is 9.99. The molecule has 0 amide bonds. The Bertz CT molecular complexity index is 845. The molecule has 1 N–H and O–H groups in total. The van der Waals surface area contributed by atoms with Gasteiger partial charge in [-0.1, -0.05) is 36.4 Å². The largest absolute Gasteiger partial charge is 0.493 e. The van der Waals surface area contributed by atoms with E-state index in [0.717, 1.165) is 44.0 Å². The van der Waals surface area contributed by atoms with Crippen LogP contribution in [0.5, 0.6) is 17.2 Å². The highest BCUT2D eigenvalue weighted by Gasteiger charge is 2.26. The van der Waals surface area contributed by atoms with Gasteiger partial charge >= 0.3 is 0 Å². The first kappa shape index (κ1) is 25.1. The van der Waals surface area contributed by atoms with Gasteiger partial charge in [-0.15, -0.1) is 24.0 Å². The van der Waals surface area contributed by atoms with Crippen LogP contribution in [-0.4, -0.2) is 58.4 Å². The second-order valence-corrected chi connectivity index (χ2v) is 7.32. The first-order chi connectivity index (χ1) is 14.7. The maximum absolute atomic E-state index is 5.60. The number of ether oxygens (including phenoxy) is 3. The van der Waals surface area contributed by atoms with Crippen LogP contribution in [0, 0.1) is 0 Å². The molecular weight excluding hydrogens is 505 g/mol. The van der Waals surface area contributed by atoms with E-state index in [1.54, 1.807) is 21.3 Å². The summed E-state index contributed by atoms with van der Waals surface area (Å²) in [4.78, 5) is 7.26. The molecule has 2 aromatic carbocycles. The minimum absolute atomic E-state index is 0. The Morgan fingerprint density at radius 3 is 2.42 bits per heavy atom. The maximum atomic E-state index is 5.60. The summed E-state index contributed by atoms with van der Waals surface area (Å²) in [7, 11) is 4.91. The smallest absolute Gasteiger partial charge is 0.203 e. The number of methoxy groups -OCH3 is 3. The molecule has 1 heterocycles. The van der Waals surface area contributed by atoms with Crippen LogP contribution in [0.25, 0.3) is 0 Å². The van der Waals surface area contributed by atoms with Crippen LogP contribution in [0.2, 0.25) is 0 Å². The zero-order valence-electron chi connectivity index (χ0n) is 18.9. The Labute approximate surface area is 203 Å². The number of likely N-dealkylation sites (tertiary alicyclic amines) is 1. The average Bonchev–Trinajstić information content (AvgIpc) is 3.28. The van der Waals surface area contributed by atoms with E-state index in [1.165, 1.54) is 5.56 Å². The van der Waals surface area contributed by atoms with E-state index in [2.05, 4.69) is 47.5 Å². The van der Waals surface area contributed by atoms with Crippen molar-refractivity contribution in [3.05, 3.63) is 53.6 Å². The van der Waals surface area contributed by atoms with E-state index in [4.69, 9.17) is 19.2 Å². The topological polar surface area (TPSA) is 55.3 Å². The monoisotopic (exact) mass is 539 g/mol. The highest BCUT2D eigenvalue weighted by Crippen LogP contribution is 2.39. The van der Waals surface area contributed by atoms with Crippen LogP contribution in [-0.2, 0) is 6.42 Å². The van der Waals surface area contributed by atoms with Crippen molar-refractivity contribution in [2.24, 2.45) is 4.99 Å². The molecule has 1 atom stereocenters. The summed E-state index contributed by atoms with van der Waals surface area (Å²) < 4.78 is 16.5. The van der Waals surface area contributed by atoms with Crippen molar-refractivity contribution in [3.8, 4) is 17.2 Å². The minimum Gasteiger partial charge on any atom is -0.493 e. The Morgan fingerprint density at radius 1 is 1.03 bits per heavy atom. The number of halogens is 1. The Morgan fingerprint density at radius 2 is 1.77 bits per heavy atom. The summed E-state index contributed by atoms with van der Waals surface area (Å²) in [6.45, 7) is 5.64. The third-order valence-electron chi connectivity index (χ3n) is 5.52. The number of benzene rings is 2. The van der Waals surface area contributed by atoms with Crippen molar-refractivity contribution < 1.29 is 14.2 Å². The fraction of sp³-hybridized carbons (Fsp3) is 0.458. The molecule has 1 aliphatic rings. The fourth-order valence-corrected chi connectivity index (χ4v) is 4.02. The highest BCUT2D eigenvalue weighted by molar-refractivity contribution is 14.0. The number of aliphatic imine (C=N–C) groups is 1. The van der Waals surface area contributed by atoms with Crippen molar-refractivity contribution in [1.29, 1.82) is 0 Å². The van der Waals surface area contributed by atoms with Crippen molar-refractivity contribution in [2.45, 2.75) is 25.7 Å². The van der Waals surface area contributed by atoms with E-state index in [9.17, 15) is 0 Å². The molecule has 1 saturated heterocycles. The van der Waals surface area contributed by atoms with Crippen LogP contribution in [0.1, 0.15) is 30.4 Å². The van der Waals surface area contributed by atoms with Gasteiger partial charge in [0.05, 0.1) is 21.3 Å². The van der Waals surface area contributed by atoms with Gasteiger partial charge in [-0.3, -0.25) is 4.99 Å². The summed E-state index contributed by atoms with van der Waals surface area (Å²) in [5, 5.41) is 3.45. The summed E-state index contributed by atoms with van der Waals surface area (Å²) in [6.07, 6.45) is 1.91. The van der Waals surface area contributed by atoms with Gasteiger partial charge < -0.3 is 24.4 Å². The van der Waals surface area contributed by atoms with E-state index >= 15 is 0 Å². The molecule has 0 spiro atoms. The second kappa shape index (κ2) is 12.6. The SMILES string of the molecule is CCNC(=NCCc1ccc(OC)c(OC)c1OC)N1CCC(c2ccccc2)C1.I. The molecule has 0 aliphatic carbocycles. The number of nitrogens with one attached hydrogen (secondary N) is 1. The van der Waals surface area contributed by atoms with Crippen LogP contribution >= 0.6 is 24.0 Å². The number of guanidine groups is 1. The highest BCUT2D eigenvalue weighted by atomic mass is 127. The molecule has 1 unspecified atom stereocenters. The standard InChI is InChI=1S/C24H33N3O3.HI/c1-5-25-24(27-16-14-20(17-27)18-9-7-6-8-10-18)26-15-13-19-11-12-21(28-2)23(30-4)22(19)29-3;/h6-12,20H,5,13-17H2,1-4H3,(H,25,26);1H. The van der Waals surface area contributed by atoms with Crippen LogP contribution < -0.4 is 19.5 Å². The summed E-state index contributed by atoms with van der Waals surface area (Å²) in [5.41, 5.74) is 2.46. The molecule has 2 aromatic rings. The predicted molar refractivity (Wildman–Crippen MR) is 137 cm³/mol. The van der Waals surface area contributed by atoms with E-state index in [0.29, 0.717) is 29.7 Å². The molecule has 0 aromatic heterocycles. The van der Waals surface area contributed by atoms with Gasteiger partial charge in [0.15, 0.2) is 17.5 Å². The first-order valence-corrected chi connectivity index (χ1v) is 10.6. The van der Waals surface area contributed by atoms with Crippen molar-refractivity contribution >= 4 is 29.9 Å². The predicted octanol–water partition coefficient (Wildman–Crippen LogP) is 4.33. The molecule has 0 saturated carbocycles. The van der Waals surface area contributed by atoms with Crippen molar-refractivity contribution in [1.82, 2.24) is 10.2 Å². The van der Waals surface area contributed by atoms with Gasteiger partial charge in [-0.05, 0) is 31.4 Å². The number of hydrogen-bond donors (Lipinski definition) is 1. The molecule has 1 fully saturated rings.